The Balaban J connectivity index is 1.61. The first-order valence-electron chi connectivity index (χ1n) is 10.9. The van der Waals surface area contributed by atoms with Gasteiger partial charge in [-0.05, 0) is 74.5 Å². The summed E-state index contributed by atoms with van der Waals surface area (Å²) >= 11 is 1.39. The van der Waals surface area contributed by atoms with Gasteiger partial charge >= 0.3 is 0 Å². The predicted molar refractivity (Wildman–Crippen MR) is 138 cm³/mol. The predicted octanol–water partition coefficient (Wildman–Crippen LogP) is 6.19. The molecule has 0 saturated heterocycles. The van der Waals surface area contributed by atoms with Crippen LogP contribution in [0.1, 0.15) is 12.5 Å². The number of imidazole rings is 1. The van der Waals surface area contributed by atoms with Gasteiger partial charge in [-0.1, -0.05) is 29.5 Å². The Labute approximate surface area is 203 Å². The number of benzene rings is 3. The zero-order chi connectivity index (χ0) is 24.1. The van der Waals surface area contributed by atoms with E-state index in [1.54, 1.807) is 14.2 Å². The number of aryl methyl sites for hydroxylation is 1. The minimum Gasteiger partial charge on any atom is -0.497 e. The number of carbonyl (C=O) groups is 1. The first-order valence-corrected chi connectivity index (χ1v) is 11.8. The van der Waals surface area contributed by atoms with Gasteiger partial charge in [0.2, 0.25) is 5.91 Å². The highest BCUT2D eigenvalue weighted by molar-refractivity contribution is 8.00. The molecular formula is C27H27N3O3S. The number of amides is 1. The van der Waals surface area contributed by atoms with Crippen LogP contribution in [0.3, 0.4) is 0 Å². The molecular weight excluding hydrogens is 446 g/mol. The number of rotatable bonds is 8. The van der Waals surface area contributed by atoms with Crippen molar-refractivity contribution < 1.29 is 14.3 Å². The third-order valence-corrected chi connectivity index (χ3v) is 6.39. The van der Waals surface area contributed by atoms with Gasteiger partial charge in [-0.25, -0.2) is 4.98 Å². The van der Waals surface area contributed by atoms with E-state index in [1.807, 2.05) is 86.6 Å². The molecule has 0 fully saturated rings. The molecule has 0 aliphatic carbocycles. The van der Waals surface area contributed by atoms with Crippen LogP contribution in [0.2, 0.25) is 0 Å². The third-order valence-electron chi connectivity index (χ3n) is 5.40. The van der Waals surface area contributed by atoms with Crippen molar-refractivity contribution in [1.29, 1.82) is 0 Å². The molecule has 34 heavy (non-hydrogen) atoms. The first kappa shape index (κ1) is 23.4. The lowest BCUT2D eigenvalue weighted by Gasteiger charge is -2.10. The number of H-pyrrole nitrogens is 1. The number of thioether (sulfide) groups is 1. The van der Waals surface area contributed by atoms with Crippen LogP contribution in [0, 0.1) is 6.92 Å². The lowest BCUT2D eigenvalue weighted by molar-refractivity contribution is -0.115. The zero-order valence-electron chi connectivity index (χ0n) is 19.6. The van der Waals surface area contributed by atoms with E-state index in [9.17, 15) is 4.79 Å². The van der Waals surface area contributed by atoms with Crippen molar-refractivity contribution in [3.05, 3.63) is 78.4 Å². The molecule has 174 valence electrons. The number of anilines is 1. The molecule has 1 aromatic heterocycles. The maximum atomic E-state index is 12.8. The van der Waals surface area contributed by atoms with Crippen LogP contribution in [0.4, 0.5) is 5.69 Å². The molecule has 0 aliphatic rings. The van der Waals surface area contributed by atoms with Gasteiger partial charge < -0.3 is 19.8 Å². The van der Waals surface area contributed by atoms with Crippen LogP contribution in [0.15, 0.2) is 78.0 Å². The number of methoxy groups -OCH3 is 2. The van der Waals surface area contributed by atoms with Crippen molar-refractivity contribution in [3.63, 3.8) is 0 Å². The van der Waals surface area contributed by atoms with E-state index in [-0.39, 0.29) is 11.2 Å². The smallest absolute Gasteiger partial charge is 0.237 e. The van der Waals surface area contributed by atoms with Gasteiger partial charge in [0, 0.05) is 16.8 Å². The Morgan fingerprint density at radius 2 is 1.44 bits per heavy atom. The largest absolute Gasteiger partial charge is 0.497 e. The summed E-state index contributed by atoms with van der Waals surface area (Å²) in [7, 11) is 3.29. The lowest BCUT2D eigenvalue weighted by atomic mass is 10.0. The molecule has 0 saturated carbocycles. The van der Waals surface area contributed by atoms with Crippen LogP contribution in [0.5, 0.6) is 11.5 Å². The van der Waals surface area contributed by atoms with Gasteiger partial charge in [-0.2, -0.15) is 0 Å². The monoisotopic (exact) mass is 473 g/mol. The number of hydrogen-bond acceptors (Lipinski definition) is 5. The summed E-state index contributed by atoms with van der Waals surface area (Å²) in [6, 6.07) is 23.3. The number of nitrogens with one attached hydrogen (secondary N) is 2. The fourth-order valence-electron chi connectivity index (χ4n) is 3.43. The van der Waals surface area contributed by atoms with Crippen molar-refractivity contribution in [3.8, 4) is 34.0 Å². The molecule has 7 heteroatoms. The standard InChI is InChI=1S/C27H27N3O3S/c1-17-5-11-21(12-6-17)28-26(31)18(2)34-27-29-24(19-7-13-22(32-3)14-8-19)25(30-27)20-9-15-23(33-4)16-10-20/h5-16,18H,1-4H3,(H,28,31)(H,29,30). The second kappa shape index (κ2) is 10.5. The number of aromatic amines is 1. The maximum Gasteiger partial charge on any atom is 0.237 e. The second-order valence-electron chi connectivity index (χ2n) is 7.84. The second-order valence-corrected chi connectivity index (χ2v) is 9.17. The summed E-state index contributed by atoms with van der Waals surface area (Å²) in [5, 5.41) is 3.29. The van der Waals surface area contributed by atoms with E-state index >= 15 is 0 Å². The van der Waals surface area contributed by atoms with Gasteiger partial charge in [0.1, 0.15) is 11.5 Å². The molecule has 2 N–H and O–H groups in total. The van der Waals surface area contributed by atoms with Crippen LogP contribution in [-0.2, 0) is 4.79 Å². The minimum absolute atomic E-state index is 0.0813. The quantitative estimate of drug-likeness (QED) is 0.299. The summed E-state index contributed by atoms with van der Waals surface area (Å²) in [6.07, 6.45) is 0. The molecule has 1 atom stereocenters. The van der Waals surface area contributed by atoms with Gasteiger partial charge in [0.05, 0.1) is 30.9 Å². The van der Waals surface area contributed by atoms with E-state index in [0.29, 0.717) is 5.16 Å². The Hall–Kier alpha value is -3.71. The Kier molecular flexibility index (Phi) is 7.23. The van der Waals surface area contributed by atoms with Crippen molar-refractivity contribution >= 4 is 23.4 Å². The normalized spacial score (nSPS) is 11.6. The highest BCUT2D eigenvalue weighted by Gasteiger charge is 2.20. The minimum atomic E-state index is -0.347. The molecule has 1 amide bonds. The van der Waals surface area contributed by atoms with Gasteiger partial charge in [0.25, 0.3) is 0 Å². The van der Waals surface area contributed by atoms with E-state index in [4.69, 9.17) is 14.5 Å². The average molecular weight is 474 g/mol. The summed E-state index contributed by atoms with van der Waals surface area (Å²) in [4.78, 5) is 21.0. The van der Waals surface area contributed by atoms with Crippen molar-refractivity contribution in [2.75, 3.05) is 19.5 Å². The lowest BCUT2D eigenvalue weighted by Crippen LogP contribution is -2.22. The first-order chi connectivity index (χ1) is 16.5. The van der Waals surface area contributed by atoms with Gasteiger partial charge in [0.15, 0.2) is 5.16 Å². The molecule has 1 unspecified atom stereocenters. The Bertz CT molecular complexity index is 1190. The van der Waals surface area contributed by atoms with E-state index in [2.05, 4.69) is 10.3 Å². The van der Waals surface area contributed by atoms with Gasteiger partial charge in [-0.3, -0.25) is 4.79 Å². The number of aromatic nitrogens is 2. The number of ether oxygens (including phenoxy) is 2. The highest BCUT2D eigenvalue weighted by Crippen LogP contribution is 2.35. The topological polar surface area (TPSA) is 76.2 Å². The molecule has 0 radical (unpaired) electrons. The number of carbonyl (C=O) groups excluding carboxylic acids is 1. The molecule has 6 nitrogen and oxygen atoms in total. The van der Waals surface area contributed by atoms with E-state index < -0.39 is 0 Å². The van der Waals surface area contributed by atoms with Crippen LogP contribution in [-0.4, -0.2) is 35.3 Å². The van der Waals surface area contributed by atoms with Crippen molar-refractivity contribution in [2.24, 2.45) is 0 Å². The fourth-order valence-corrected chi connectivity index (χ4v) is 4.24. The van der Waals surface area contributed by atoms with Crippen molar-refractivity contribution in [1.82, 2.24) is 9.97 Å². The molecule has 0 aliphatic heterocycles. The summed E-state index contributed by atoms with van der Waals surface area (Å²) in [5.41, 5.74) is 5.53. The number of nitrogens with zero attached hydrogens (tertiary/aromatic N) is 1. The Morgan fingerprint density at radius 3 is 2.00 bits per heavy atom. The third kappa shape index (κ3) is 5.43. The summed E-state index contributed by atoms with van der Waals surface area (Å²) in [6.45, 7) is 3.89. The summed E-state index contributed by atoms with van der Waals surface area (Å²) in [5.74, 6) is 1.48. The highest BCUT2D eigenvalue weighted by atomic mass is 32.2. The van der Waals surface area contributed by atoms with Gasteiger partial charge in [-0.15, -0.1) is 0 Å². The maximum absolute atomic E-state index is 12.8. The average Bonchev–Trinajstić information content (AvgIpc) is 3.29. The van der Waals surface area contributed by atoms with E-state index in [1.165, 1.54) is 11.8 Å². The molecule has 0 bridgehead atoms. The van der Waals surface area contributed by atoms with E-state index in [0.717, 1.165) is 45.3 Å². The molecule has 4 aromatic rings. The fraction of sp³-hybridized carbons (Fsp3) is 0.185. The molecule has 4 rings (SSSR count). The molecule has 0 spiro atoms. The van der Waals surface area contributed by atoms with Crippen LogP contribution < -0.4 is 14.8 Å². The zero-order valence-corrected chi connectivity index (χ0v) is 20.4. The van der Waals surface area contributed by atoms with Crippen LogP contribution in [0.25, 0.3) is 22.5 Å². The summed E-state index contributed by atoms with van der Waals surface area (Å²) < 4.78 is 10.6. The van der Waals surface area contributed by atoms with Crippen molar-refractivity contribution in [2.45, 2.75) is 24.3 Å². The Morgan fingerprint density at radius 1 is 0.882 bits per heavy atom. The number of hydrogen-bond donors (Lipinski definition) is 2. The SMILES string of the molecule is COc1ccc(-c2nc(SC(C)C(=O)Nc3ccc(C)cc3)[nH]c2-c2ccc(OC)cc2)cc1. The molecule has 3 aromatic carbocycles. The molecule has 1 heterocycles. The van der Waals surface area contributed by atoms with Crippen LogP contribution >= 0.6 is 11.8 Å².